The first kappa shape index (κ1) is 17.0. The molecule has 0 saturated heterocycles. The molecule has 0 aliphatic carbocycles. The van der Waals surface area contributed by atoms with Crippen LogP contribution in [-0.4, -0.2) is 30.1 Å². The summed E-state index contributed by atoms with van der Waals surface area (Å²) in [5.41, 5.74) is 1.20. The van der Waals surface area contributed by atoms with E-state index in [0.717, 1.165) is 6.42 Å². The Morgan fingerprint density at radius 1 is 1.24 bits per heavy atom. The number of hydrogen-bond donors (Lipinski definition) is 2. The van der Waals surface area contributed by atoms with Crippen LogP contribution >= 0.6 is 0 Å². The fourth-order valence-electron chi connectivity index (χ4n) is 1.85. The molecular formula is C16H23NO4. The Morgan fingerprint density at radius 2 is 1.86 bits per heavy atom. The highest BCUT2D eigenvalue weighted by Crippen LogP contribution is 2.12. The molecule has 1 amide bonds. The van der Waals surface area contributed by atoms with Gasteiger partial charge in [0, 0.05) is 6.54 Å². The number of hydrogen-bond acceptors (Lipinski definition) is 3. The van der Waals surface area contributed by atoms with Crippen LogP contribution in [0, 0.1) is 11.8 Å². The van der Waals surface area contributed by atoms with E-state index in [1.165, 1.54) is 5.56 Å². The molecule has 0 spiro atoms. The van der Waals surface area contributed by atoms with Crippen molar-refractivity contribution in [2.24, 2.45) is 11.8 Å². The number of carboxylic acids is 1. The van der Waals surface area contributed by atoms with Crippen molar-refractivity contribution in [3.63, 3.8) is 0 Å². The highest BCUT2D eigenvalue weighted by molar-refractivity contribution is 5.78. The van der Waals surface area contributed by atoms with Crippen molar-refractivity contribution in [1.82, 2.24) is 5.32 Å². The third-order valence-electron chi connectivity index (χ3n) is 3.34. The summed E-state index contributed by atoms with van der Waals surface area (Å²) < 4.78 is 5.36. The van der Waals surface area contributed by atoms with Crippen LogP contribution in [0.4, 0.5) is 0 Å². The number of ether oxygens (including phenoxy) is 1. The van der Waals surface area contributed by atoms with Gasteiger partial charge >= 0.3 is 5.97 Å². The first-order valence-corrected chi connectivity index (χ1v) is 7.15. The Hall–Kier alpha value is -2.04. The monoisotopic (exact) mass is 293 g/mol. The van der Waals surface area contributed by atoms with Gasteiger partial charge in [0.05, 0.1) is 5.92 Å². The predicted octanol–water partition coefficient (Wildman–Crippen LogP) is 2.10. The molecule has 0 aliphatic heterocycles. The molecule has 1 aromatic carbocycles. The summed E-state index contributed by atoms with van der Waals surface area (Å²) in [7, 11) is 0. The molecule has 5 nitrogen and oxygen atoms in total. The lowest BCUT2D eigenvalue weighted by Gasteiger charge is -2.16. The van der Waals surface area contributed by atoms with Gasteiger partial charge in [-0.05, 0) is 30.0 Å². The van der Waals surface area contributed by atoms with Gasteiger partial charge in [-0.3, -0.25) is 9.59 Å². The van der Waals surface area contributed by atoms with Crippen molar-refractivity contribution >= 4 is 11.9 Å². The number of carboxylic acid groups (broad SMARTS) is 1. The molecule has 0 fully saturated rings. The minimum atomic E-state index is -0.902. The standard InChI is InChI=1S/C16H23NO4/c1-4-12-5-7-13(8-6-12)21-10-15(18)17-9-14(11(2)3)16(19)20/h5-8,11,14H,4,9-10H2,1-3H3,(H,17,18)(H,19,20). The van der Waals surface area contributed by atoms with Gasteiger partial charge in [-0.2, -0.15) is 0 Å². The van der Waals surface area contributed by atoms with Gasteiger partial charge in [0.2, 0.25) is 0 Å². The van der Waals surface area contributed by atoms with E-state index in [1.807, 2.05) is 38.1 Å². The SMILES string of the molecule is CCc1ccc(OCC(=O)NCC(C(=O)O)C(C)C)cc1. The Bertz CT molecular complexity index is 468. The molecule has 1 unspecified atom stereocenters. The summed E-state index contributed by atoms with van der Waals surface area (Å²) in [6.45, 7) is 5.70. The average Bonchev–Trinajstić information content (AvgIpc) is 2.45. The first-order chi connectivity index (χ1) is 9.93. The Kier molecular flexibility index (Phi) is 6.72. The maximum Gasteiger partial charge on any atom is 0.308 e. The number of amides is 1. The van der Waals surface area contributed by atoms with Crippen LogP contribution in [0.1, 0.15) is 26.3 Å². The second-order valence-electron chi connectivity index (χ2n) is 5.28. The summed E-state index contributed by atoms with van der Waals surface area (Å²) >= 11 is 0. The molecule has 0 bridgehead atoms. The van der Waals surface area contributed by atoms with E-state index in [-0.39, 0.29) is 25.0 Å². The third-order valence-corrected chi connectivity index (χ3v) is 3.34. The van der Waals surface area contributed by atoms with E-state index in [1.54, 1.807) is 0 Å². The quantitative estimate of drug-likeness (QED) is 0.769. The maximum absolute atomic E-state index is 11.7. The molecule has 1 atom stereocenters. The van der Waals surface area contributed by atoms with Gasteiger partial charge in [-0.25, -0.2) is 0 Å². The van der Waals surface area contributed by atoms with Crippen LogP contribution < -0.4 is 10.1 Å². The zero-order chi connectivity index (χ0) is 15.8. The van der Waals surface area contributed by atoms with Gasteiger partial charge in [0.15, 0.2) is 6.61 Å². The van der Waals surface area contributed by atoms with E-state index in [0.29, 0.717) is 5.75 Å². The highest BCUT2D eigenvalue weighted by Gasteiger charge is 2.21. The molecular weight excluding hydrogens is 270 g/mol. The van der Waals surface area contributed by atoms with Gasteiger partial charge in [-0.1, -0.05) is 32.9 Å². The fourth-order valence-corrected chi connectivity index (χ4v) is 1.85. The van der Waals surface area contributed by atoms with Crippen molar-refractivity contribution < 1.29 is 19.4 Å². The maximum atomic E-state index is 11.7. The van der Waals surface area contributed by atoms with Crippen molar-refractivity contribution in [2.75, 3.05) is 13.2 Å². The normalized spacial score (nSPS) is 12.0. The van der Waals surface area contributed by atoms with E-state index in [9.17, 15) is 9.59 Å². The van der Waals surface area contributed by atoms with Gasteiger partial charge < -0.3 is 15.2 Å². The summed E-state index contributed by atoms with van der Waals surface area (Å²) in [5, 5.41) is 11.6. The van der Waals surface area contributed by atoms with Crippen molar-refractivity contribution in [3.8, 4) is 5.75 Å². The second-order valence-corrected chi connectivity index (χ2v) is 5.28. The van der Waals surface area contributed by atoms with Crippen molar-refractivity contribution in [3.05, 3.63) is 29.8 Å². The third kappa shape index (κ3) is 5.85. The minimum Gasteiger partial charge on any atom is -0.484 e. The number of carbonyl (C=O) groups is 2. The highest BCUT2D eigenvalue weighted by atomic mass is 16.5. The minimum absolute atomic E-state index is 0.0368. The van der Waals surface area contributed by atoms with E-state index < -0.39 is 11.9 Å². The number of benzene rings is 1. The van der Waals surface area contributed by atoms with Crippen LogP contribution in [0.2, 0.25) is 0 Å². The van der Waals surface area contributed by atoms with Crippen LogP contribution in [0.5, 0.6) is 5.75 Å². The lowest BCUT2D eigenvalue weighted by molar-refractivity contribution is -0.143. The first-order valence-electron chi connectivity index (χ1n) is 7.15. The molecule has 0 aromatic heterocycles. The topological polar surface area (TPSA) is 75.6 Å². The number of nitrogens with one attached hydrogen (secondary N) is 1. The molecule has 0 saturated carbocycles. The number of aliphatic carboxylic acids is 1. The van der Waals surface area contributed by atoms with Gasteiger partial charge in [-0.15, -0.1) is 0 Å². The van der Waals surface area contributed by atoms with E-state index in [4.69, 9.17) is 9.84 Å². The molecule has 1 rings (SSSR count). The molecule has 0 heterocycles. The van der Waals surface area contributed by atoms with Crippen LogP contribution in [-0.2, 0) is 16.0 Å². The van der Waals surface area contributed by atoms with Crippen molar-refractivity contribution in [2.45, 2.75) is 27.2 Å². The average molecular weight is 293 g/mol. The Labute approximate surface area is 125 Å². The van der Waals surface area contributed by atoms with E-state index in [2.05, 4.69) is 12.2 Å². The number of rotatable bonds is 8. The molecule has 1 aromatic rings. The number of aryl methyl sites for hydroxylation is 1. The zero-order valence-electron chi connectivity index (χ0n) is 12.8. The lowest BCUT2D eigenvalue weighted by Crippen LogP contribution is -2.37. The van der Waals surface area contributed by atoms with Crippen LogP contribution in [0.15, 0.2) is 24.3 Å². The summed E-state index contributed by atoms with van der Waals surface area (Å²) in [6.07, 6.45) is 0.951. The zero-order valence-corrected chi connectivity index (χ0v) is 12.8. The summed E-state index contributed by atoms with van der Waals surface area (Å²) in [4.78, 5) is 22.7. The molecule has 116 valence electrons. The largest absolute Gasteiger partial charge is 0.484 e. The molecule has 0 radical (unpaired) electrons. The van der Waals surface area contributed by atoms with Crippen LogP contribution in [0.3, 0.4) is 0 Å². The molecule has 0 aliphatic rings. The summed E-state index contributed by atoms with van der Waals surface area (Å²) in [6, 6.07) is 7.54. The number of carbonyl (C=O) groups excluding carboxylic acids is 1. The molecule has 21 heavy (non-hydrogen) atoms. The molecule has 2 N–H and O–H groups in total. The fraction of sp³-hybridized carbons (Fsp3) is 0.500. The summed E-state index contributed by atoms with van der Waals surface area (Å²) in [5.74, 6) is -1.22. The Balaban J connectivity index is 2.38. The van der Waals surface area contributed by atoms with Gasteiger partial charge in [0.1, 0.15) is 5.75 Å². The van der Waals surface area contributed by atoms with E-state index >= 15 is 0 Å². The lowest BCUT2D eigenvalue weighted by atomic mass is 9.96. The molecule has 5 heteroatoms. The Morgan fingerprint density at radius 3 is 2.33 bits per heavy atom. The van der Waals surface area contributed by atoms with Crippen LogP contribution in [0.25, 0.3) is 0 Å². The van der Waals surface area contributed by atoms with Gasteiger partial charge in [0.25, 0.3) is 5.91 Å². The second kappa shape index (κ2) is 8.29. The predicted molar refractivity (Wildman–Crippen MR) is 80.3 cm³/mol. The smallest absolute Gasteiger partial charge is 0.308 e. The van der Waals surface area contributed by atoms with Crippen molar-refractivity contribution in [1.29, 1.82) is 0 Å².